The molecule has 3 rings (SSSR count). The molecule has 5 nitrogen and oxygen atoms in total. The molecule has 2 aromatic carbocycles. The quantitative estimate of drug-likeness (QED) is 0.745. The summed E-state index contributed by atoms with van der Waals surface area (Å²) in [6, 6.07) is 16.2. The smallest absolute Gasteiger partial charge is 0.321 e. The first kappa shape index (κ1) is 15.2. The van der Waals surface area contributed by atoms with Crippen molar-refractivity contribution in [3.8, 4) is 11.8 Å². The summed E-state index contributed by atoms with van der Waals surface area (Å²) in [6.07, 6.45) is 3.20. The van der Waals surface area contributed by atoms with Crippen molar-refractivity contribution in [1.29, 1.82) is 0 Å². The number of amides is 1. The number of carbonyl (C=O) groups is 1. The summed E-state index contributed by atoms with van der Waals surface area (Å²) in [5, 5.41) is 2.83. The predicted octanol–water partition coefficient (Wildman–Crippen LogP) is 4.28. The van der Waals surface area contributed by atoms with Crippen LogP contribution in [0.4, 0.5) is 5.69 Å². The van der Waals surface area contributed by atoms with E-state index in [1.165, 1.54) is 0 Å². The maximum atomic E-state index is 12.2. The number of anilines is 1. The molecule has 0 unspecified atom stereocenters. The van der Waals surface area contributed by atoms with Crippen molar-refractivity contribution in [1.82, 2.24) is 9.97 Å². The van der Waals surface area contributed by atoms with Gasteiger partial charge in [-0.15, -0.1) is 0 Å². The van der Waals surface area contributed by atoms with Gasteiger partial charge in [0.1, 0.15) is 5.75 Å². The van der Waals surface area contributed by atoms with Gasteiger partial charge in [0, 0.05) is 34.2 Å². The highest BCUT2D eigenvalue weighted by Crippen LogP contribution is 2.22. The lowest BCUT2D eigenvalue weighted by atomic mass is 10.2. The van der Waals surface area contributed by atoms with Crippen molar-refractivity contribution in [2.45, 2.75) is 0 Å². The Bertz CT molecular complexity index is 808. The average Bonchev–Trinajstić information content (AvgIpc) is 2.57. The van der Waals surface area contributed by atoms with E-state index in [9.17, 15) is 4.79 Å². The number of hydrogen-bond acceptors (Lipinski definition) is 4. The molecule has 0 radical (unpaired) electrons. The Balaban J connectivity index is 1.72. The van der Waals surface area contributed by atoms with Crippen LogP contribution in [0.25, 0.3) is 0 Å². The van der Waals surface area contributed by atoms with E-state index < -0.39 is 0 Å². The Kier molecular flexibility index (Phi) is 4.63. The molecule has 0 atom stereocenters. The standard InChI is InChI=1S/C17H12BrN3O2/c18-13-7-5-12(6-8-13)16(22)21-14-3-1-4-15(11-14)23-17-19-9-2-10-20-17/h1-11H,(H,21,22). The van der Waals surface area contributed by atoms with Crippen LogP contribution >= 0.6 is 15.9 Å². The van der Waals surface area contributed by atoms with Crippen LogP contribution in [0.2, 0.25) is 0 Å². The monoisotopic (exact) mass is 369 g/mol. The summed E-state index contributed by atoms with van der Waals surface area (Å²) >= 11 is 3.34. The molecule has 114 valence electrons. The SMILES string of the molecule is O=C(Nc1cccc(Oc2ncccn2)c1)c1ccc(Br)cc1. The van der Waals surface area contributed by atoms with Crippen LogP contribution in [-0.2, 0) is 0 Å². The molecule has 0 aliphatic carbocycles. The number of benzene rings is 2. The molecular weight excluding hydrogens is 358 g/mol. The van der Waals surface area contributed by atoms with Gasteiger partial charge < -0.3 is 10.1 Å². The van der Waals surface area contributed by atoms with Crippen molar-refractivity contribution >= 4 is 27.5 Å². The van der Waals surface area contributed by atoms with Crippen molar-refractivity contribution in [2.24, 2.45) is 0 Å². The van der Waals surface area contributed by atoms with Crippen molar-refractivity contribution in [3.63, 3.8) is 0 Å². The molecule has 1 heterocycles. The summed E-state index contributed by atoms with van der Waals surface area (Å²) in [5.41, 5.74) is 1.21. The van der Waals surface area contributed by atoms with E-state index in [2.05, 4.69) is 31.2 Å². The molecule has 1 N–H and O–H groups in total. The first-order valence-corrected chi connectivity index (χ1v) is 7.62. The van der Waals surface area contributed by atoms with E-state index in [-0.39, 0.29) is 11.9 Å². The Labute approximate surface area is 141 Å². The highest BCUT2D eigenvalue weighted by Gasteiger charge is 2.07. The van der Waals surface area contributed by atoms with E-state index in [1.54, 1.807) is 54.9 Å². The Morgan fingerprint density at radius 1 is 1.00 bits per heavy atom. The van der Waals surface area contributed by atoms with Crippen LogP contribution < -0.4 is 10.1 Å². The fourth-order valence-electron chi connectivity index (χ4n) is 1.89. The molecule has 6 heteroatoms. The summed E-state index contributed by atoms with van der Waals surface area (Å²) in [7, 11) is 0. The molecule has 0 bridgehead atoms. The van der Waals surface area contributed by atoms with E-state index in [1.807, 2.05) is 12.1 Å². The minimum absolute atomic E-state index is 0.189. The maximum Gasteiger partial charge on any atom is 0.321 e. The van der Waals surface area contributed by atoms with E-state index in [0.29, 0.717) is 17.0 Å². The minimum atomic E-state index is -0.189. The van der Waals surface area contributed by atoms with Crippen molar-refractivity contribution < 1.29 is 9.53 Å². The molecule has 0 saturated carbocycles. The van der Waals surface area contributed by atoms with Gasteiger partial charge >= 0.3 is 6.01 Å². The second kappa shape index (κ2) is 7.02. The first-order chi connectivity index (χ1) is 11.2. The van der Waals surface area contributed by atoms with Crippen LogP contribution in [0.15, 0.2) is 71.5 Å². The van der Waals surface area contributed by atoms with Crippen molar-refractivity contribution in [2.75, 3.05) is 5.32 Å². The third-order valence-electron chi connectivity index (χ3n) is 2.95. The lowest BCUT2D eigenvalue weighted by molar-refractivity contribution is 0.102. The third-order valence-corrected chi connectivity index (χ3v) is 3.48. The molecule has 0 spiro atoms. The highest BCUT2D eigenvalue weighted by molar-refractivity contribution is 9.10. The lowest BCUT2D eigenvalue weighted by Crippen LogP contribution is -2.11. The lowest BCUT2D eigenvalue weighted by Gasteiger charge is -2.08. The minimum Gasteiger partial charge on any atom is -0.424 e. The van der Waals surface area contributed by atoms with E-state index in [4.69, 9.17) is 4.74 Å². The summed E-state index contributed by atoms with van der Waals surface area (Å²) in [6.45, 7) is 0. The van der Waals surface area contributed by atoms with Crippen LogP contribution in [0.3, 0.4) is 0 Å². The molecular formula is C17H12BrN3O2. The summed E-state index contributed by atoms with van der Waals surface area (Å²) < 4.78 is 6.47. The molecule has 0 fully saturated rings. The van der Waals surface area contributed by atoms with Gasteiger partial charge in [0.15, 0.2) is 0 Å². The Morgan fingerprint density at radius 2 is 1.74 bits per heavy atom. The van der Waals surface area contributed by atoms with Crippen LogP contribution in [0, 0.1) is 0 Å². The first-order valence-electron chi connectivity index (χ1n) is 6.82. The number of nitrogens with zero attached hydrogens (tertiary/aromatic N) is 2. The number of carbonyl (C=O) groups excluding carboxylic acids is 1. The van der Waals surface area contributed by atoms with Gasteiger partial charge in [0.05, 0.1) is 0 Å². The summed E-state index contributed by atoms with van der Waals surface area (Å²) in [4.78, 5) is 20.2. The zero-order chi connectivity index (χ0) is 16.1. The molecule has 0 aliphatic rings. The zero-order valence-electron chi connectivity index (χ0n) is 11.9. The normalized spacial score (nSPS) is 10.1. The molecule has 1 amide bonds. The number of ether oxygens (including phenoxy) is 1. The van der Waals surface area contributed by atoms with Gasteiger partial charge in [-0.1, -0.05) is 22.0 Å². The van der Waals surface area contributed by atoms with Gasteiger partial charge in [-0.2, -0.15) is 0 Å². The third kappa shape index (κ3) is 4.14. The van der Waals surface area contributed by atoms with E-state index in [0.717, 1.165) is 4.47 Å². The molecule has 3 aromatic rings. The Morgan fingerprint density at radius 3 is 2.48 bits per heavy atom. The zero-order valence-corrected chi connectivity index (χ0v) is 13.5. The number of aromatic nitrogens is 2. The van der Waals surface area contributed by atoms with Crippen LogP contribution in [0.1, 0.15) is 10.4 Å². The fraction of sp³-hybridized carbons (Fsp3) is 0. The average molecular weight is 370 g/mol. The molecule has 23 heavy (non-hydrogen) atoms. The Hall–Kier alpha value is -2.73. The van der Waals surface area contributed by atoms with Gasteiger partial charge in [-0.25, -0.2) is 9.97 Å². The van der Waals surface area contributed by atoms with Crippen molar-refractivity contribution in [3.05, 3.63) is 77.0 Å². The van der Waals surface area contributed by atoms with Crippen LogP contribution in [0.5, 0.6) is 11.8 Å². The second-order valence-electron chi connectivity index (χ2n) is 4.62. The molecule has 1 aromatic heterocycles. The van der Waals surface area contributed by atoms with E-state index >= 15 is 0 Å². The summed E-state index contributed by atoms with van der Waals surface area (Å²) in [5.74, 6) is 0.357. The fourth-order valence-corrected chi connectivity index (χ4v) is 2.15. The van der Waals surface area contributed by atoms with Gasteiger partial charge in [0.2, 0.25) is 0 Å². The number of nitrogens with one attached hydrogen (secondary N) is 1. The highest BCUT2D eigenvalue weighted by atomic mass is 79.9. The maximum absolute atomic E-state index is 12.2. The number of hydrogen-bond donors (Lipinski definition) is 1. The predicted molar refractivity (Wildman–Crippen MR) is 90.6 cm³/mol. The second-order valence-corrected chi connectivity index (χ2v) is 5.54. The van der Waals surface area contributed by atoms with Gasteiger partial charge in [0.25, 0.3) is 5.91 Å². The van der Waals surface area contributed by atoms with Crippen LogP contribution in [-0.4, -0.2) is 15.9 Å². The largest absolute Gasteiger partial charge is 0.424 e. The number of rotatable bonds is 4. The van der Waals surface area contributed by atoms with Gasteiger partial charge in [-0.05, 0) is 42.5 Å². The van der Waals surface area contributed by atoms with Gasteiger partial charge in [-0.3, -0.25) is 4.79 Å². The number of halogens is 1. The molecule has 0 aliphatic heterocycles. The topological polar surface area (TPSA) is 64.1 Å². The molecule has 0 saturated heterocycles.